The van der Waals surface area contributed by atoms with Crippen LogP contribution in [0.2, 0.25) is 0 Å². The van der Waals surface area contributed by atoms with Crippen molar-refractivity contribution in [1.82, 2.24) is 5.32 Å². The summed E-state index contributed by atoms with van der Waals surface area (Å²) in [5.74, 6) is 1.20. The van der Waals surface area contributed by atoms with Gasteiger partial charge in [0.2, 0.25) is 0 Å². The van der Waals surface area contributed by atoms with E-state index in [-0.39, 0.29) is 22.6 Å². The maximum atomic E-state index is 13.2. The molecule has 120 valence electrons. The molecule has 0 radical (unpaired) electrons. The largest absolute Gasteiger partial charge is 0.451 e. The first-order valence-electron chi connectivity index (χ1n) is 8.12. The van der Waals surface area contributed by atoms with Gasteiger partial charge in [0.25, 0.3) is 5.91 Å². The van der Waals surface area contributed by atoms with Crippen LogP contribution in [0.3, 0.4) is 0 Å². The second-order valence-corrected chi connectivity index (χ2v) is 6.76. The summed E-state index contributed by atoms with van der Waals surface area (Å²) in [7, 11) is 0. The molecule has 0 spiro atoms. The molecule has 2 fully saturated rings. The van der Waals surface area contributed by atoms with Crippen LogP contribution in [0.15, 0.2) is 33.5 Å². The quantitative estimate of drug-likeness (QED) is 0.947. The number of carbonyl (C=O) groups is 1. The molecule has 1 N–H and O–H groups in total. The molecule has 4 nitrogen and oxygen atoms in total. The number of rotatable bonds is 3. The van der Waals surface area contributed by atoms with Gasteiger partial charge in [0.05, 0.1) is 5.39 Å². The Labute approximate surface area is 132 Å². The summed E-state index contributed by atoms with van der Waals surface area (Å²) in [6, 6.07) is 4.84. The lowest BCUT2D eigenvalue weighted by atomic mass is 9.89. The summed E-state index contributed by atoms with van der Waals surface area (Å²) in [4.78, 5) is 24.3. The maximum absolute atomic E-state index is 13.2. The minimum absolute atomic E-state index is 0.0164. The van der Waals surface area contributed by atoms with Gasteiger partial charge in [-0.15, -0.1) is 0 Å². The van der Waals surface area contributed by atoms with Crippen LogP contribution in [0.25, 0.3) is 11.0 Å². The molecule has 5 heteroatoms. The third-order valence-electron chi connectivity index (χ3n) is 5.32. The fraction of sp³-hybridized carbons (Fsp3) is 0.444. The van der Waals surface area contributed by atoms with Crippen molar-refractivity contribution in [2.24, 2.45) is 17.8 Å². The third kappa shape index (κ3) is 2.64. The molecular weight excluding hydrogens is 297 g/mol. The van der Waals surface area contributed by atoms with E-state index >= 15 is 0 Å². The Bertz CT molecular complexity index is 829. The average Bonchev–Trinajstić information content (AvgIpc) is 3.16. The number of hydrogen-bond acceptors (Lipinski definition) is 3. The Kier molecular flexibility index (Phi) is 3.43. The summed E-state index contributed by atoms with van der Waals surface area (Å²) in [6.45, 7) is 0.630. The van der Waals surface area contributed by atoms with Crippen molar-refractivity contribution >= 4 is 16.9 Å². The van der Waals surface area contributed by atoms with E-state index in [9.17, 15) is 14.0 Å². The molecule has 2 aromatic rings. The number of hydrogen-bond donors (Lipinski definition) is 1. The lowest BCUT2D eigenvalue weighted by Crippen LogP contribution is -2.32. The summed E-state index contributed by atoms with van der Waals surface area (Å²) >= 11 is 0. The molecule has 3 unspecified atom stereocenters. The molecule has 0 saturated heterocycles. The van der Waals surface area contributed by atoms with Gasteiger partial charge in [-0.1, -0.05) is 6.42 Å². The normalized spacial score (nSPS) is 25.9. The van der Waals surface area contributed by atoms with E-state index in [1.165, 1.54) is 37.8 Å². The van der Waals surface area contributed by atoms with Crippen LogP contribution >= 0.6 is 0 Å². The van der Waals surface area contributed by atoms with E-state index in [4.69, 9.17) is 4.42 Å². The minimum atomic E-state index is -0.502. The third-order valence-corrected chi connectivity index (χ3v) is 5.32. The van der Waals surface area contributed by atoms with Gasteiger partial charge in [-0.2, -0.15) is 0 Å². The van der Waals surface area contributed by atoms with Gasteiger partial charge < -0.3 is 9.73 Å². The van der Waals surface area contributed by atoms with Gasteiger partial charge in [0.15, 0.2) is 11.2 Å². The van der Waals surface area contributed by atoms with Crippen LogP contribution in [0.1, 0.15) is 36.2 Å². The highest BCUT2D eigenvalue weighted by Gasteiger charge is 2.39. The van der Waals surface area contributed by atoms with Crippen LogP contribution in [-0.2, 0) is 0 Å². The van der Waals surface area contributed by atoms with Crippen molar-refractivity contribution in [3.63, 3.8) is 0 Å². The molecule has 1 aromatic carbocycles. The van der Waals surface area contributed by atoms with E-state index in [1.807, 2.05) is 0 Å². The molecule has 2 aliphatic carbocycles. The van der Waals surface area contributed by atoms with E-state index < -0.39 is 11.2 Å². The van der Waals surface area contributed by atoms with Gasteiger partial charge in [-0.05, 0) is 55.2 Å². The van der Waals surface area contributed by atoms with Crippen LogP contribution < -0.4 is 10.7 Å². The maximum Gasteiger partial charge on any atom is 0.287 e. The first kappa shape index (κ1) is 14.4. The Morgan fingerprint density at radius 2 is 2.13 bits per heavy atom. The average molecular weight is 315 g/mol. The topological polar surface area (TPSA) is 59.3 Å². The van der Waals surface area contributed by atoms with E-state index in [2.05, 4.69) is 5.32 Å². The van der Waals surface area contributed by atoms with Crippen molar-refractivity contribution in [3.05, 3.63) is 46.1 Å². The Balaban J connectivity index is 1.51. The first-order chi connectivity index (χ1) is 11.1. The predicted octanol–water partition coefficient (Wildman–Crippen LogP) is 3.10. The van der Waals surface area contributed by atoms with Gasteiger partial charge >= 0.3 is 0 Å². The van der Waals surface area contributed by atoms with E-state index in [1.54, 1.807) is 0 Å². The van der Waals surface area contributed by atoms with Crippen LogP contribution in [0.5, 0.6) is 0 Å². The lowest BCUT2D eigenvalue weighted by Gasteiger charge is -2.21. The van der Waals surface area contributed by atoms with Crippen LogP contribution in [-0.4, -0.2) is 12.5 Å². The Hall–Kier alpha value is -2.17. The van der Waals surface area contributed by atoms with Crippen molar-refractivity contribution in [3.8, 4) is 0 Å². The smallest absolute Gasteiger partial charge is 0.287 e. The Morgan fingerprint density at radius 3 is 2.87 bits per heavy atom. The van der Waals surface area contributed by atoms with Crippen LogP contribution in [0.4, 0.5) is 4.39 Å². The van der Waals surface area contributed by atoms with Gasteiger partial charge in [-0.25, -0.2) is 4.39 Å². The highest BCUT2D eigenvalue weighted by atomic mass is 19.1. The molecule has 1 heterocycles. The fourth-order valence-electron chi connectivity index (χ4n) is 4.18. The van der Waals surface area contributed by atoms with Gasteiger partial charge in [-0.3, -0.25) is 9.59 Å². The zero-order valence-corrected chi connectivity index (χ0v) is 12.7. The molecule has 4 rings (SSSR count). The minimum Gasteiger partial charge on any atom is -0.451 e. The predicted molar refractivity (Wildman–Crippen MR) is 83.7 cm³/mol. The Morgan fingerprint density at radius 1 is 1.26 bits per heavy atom. The summed E-state index contributed by atoms with van der Waals surface area (Å²) in [6.07, 6.45) is 5.07. The molecule has 0 aliphatic heterocycles. The van der Waals surface area contributed by atoms with Crippen molar-refractivity contribution in [2.45, 2.75) is 25.7 Å². The number of halogens is 1. The molecule has 23 heavy (non-hydrogen) atoms. The van der Waals surface area contributed by atoms with Gasteiger partial charge in [0, 0.05) is 12.6 Å². The first-order valence-corrected chi connectivity index (χ1v) is 8.12. The van der Waals surface area contributed by atoms with Crippen molar-refractivity contribution in [1.29, 1.82) is 0 Å². The molecule has 1 amide bonds. The monoisotopic (exact) mass is 315 g/mol. The number of benzene rings is 1. The summed E-state index contributed by atoms with van der Waals surface area (Å²) in [5, 5.41) is 3.03. The lowest BCUT2D eigenvalue weighted by molar-refractivity contribution is 0.0914. The zero-order valence-electron chi connectivity index (χ0n) is 12.7. The summed E-state index contributed by atoms with van der Waals surface area (Å²) < 4.78 is 18.6. The number of amides is 1. The standard InChI is InChI=1S/C18H18FNO3/c19-13-3-4-16-14(7-13)15(21)8-17(23-16)18(22)20-9-12-6-10-1-2-11(12)5-10/h3-4,7-8,10-12H,1-2,5-6,9H2,(H,20,22). The number of nitrogens with one attached hydrogen (secondary N) is 1. The SMILES string of the molecule is O=C(NCC1CC2CCC1C2)c1cc(=O)c2cc(F)ccc2o1. The van der Waals surface area contributed by atoms with E-state index in [0.717, 1.165) is 24.0 Å². The van der Waals surface area contributed by atoms with E-state index in [0.29, 0.717) is 12.5 Å². The number of fused-ring (bicyclic) bond motifs is 3. The molecule has 2 aliphatic rings. The van der Waals surface area contributed by atoms with Crippen molar-refractivity contribution < 1.29 is 13.6 Å². The molecular formula is C18H18FNO3. The molecule has 2 bridgehead atoms. The molecule has 1 aromatic heterocycles. The summed E-state index contributed by atoms with van der Waals surface area (Å²) in [5.41, 5.74) is -0.181. The van der Waals surface area contributed by atoms with Crippen molar-refractivity contribution in [2.75, 3.05) is 6.54 Å². The van der Waals surface area contributed by atoms with Crippen LogP contribution in [0, 0.1) is 23.6 Å². The zero-order chi connectivity index (χ0) is 16.0. The number of carbonyl (C=O) groups excluding carboxylic acids is 1. The molecule has 3 atom stereocenters. The molecule has 2 saturated carbocycles. The van der Waals surface area contributed by atoms with Gasteiger partial charge in [0.1, 0.15) is 11.4 Å². The highest BCUT2D eigenvalue weighted by molar-refractivity contribution is 5.93. The highest BCUT2D eigenvalue weighted by Crippen LogP contribution is 2.47. The second kappa shape index (κ2) is 5.48. The fourth-order valence-corrected chi connectivity index (χ4v) is 4.18. The second-order valence-electron chi connectivity index (χ2n) is 6.76.